The first-order chi connectivity index (χ1) is 10.1. The number of carbonyl (C=O) groups is 1. The highest BCUT2D eigenvalue weighted by Gasteiger charge is 2.48. The first-order valence-electron chi connectivity index (χ1n) is 7.81. The minimum atomic E-state index is -0.393. The molecule has 1 aliphatic carbocycles. The summed E-state index contributed by atoms with van der Waals surface area (Å²) in [5.41, 5.74) is 0.716. The molecule has 1 saturated heterocycles. The van der Waals surface area contributed by atoms with Gasteiger partial charge in [-0.2, -0.15) is 0 Å². The highest BCUT2D eigenvalue weighted by atomic mass is 35.5. The van der Waals surface area contributed by atoms with Gasteiger partial charge in [0.1, 0.15) is 0 Å². The first-order valence-corrected chi connectivity index (χ1v) is 8.19. The van der Waals surface area contributed by atoms with Gasteiger partial charge in [0.15, 0.2) is 0 Å². The molecule has 114 valence electrons. The van der Waals surface area contributed by atoms with Crippen LogP contribution in [0.15, 0.2) is 24.3 Å². The van der Waals surface area contributed by atoms with Crippen LogP contribution in [0.3, 0.4) is 0 Å². The summed E-state index contributed by atoms with van der Waals surface area (Å²) in [5.74, 6) is 0.616. The lowest BCUT2D eigenvalue weighted by molar-refractivity contribution is -0.133. The van der Waals surface area contributed by atoms with E-state index in [2.05, 4.69) is 0 Å². The summed E-state index contributed by atoms with van der Waals surface area (Å²) in [6.07, 6.45) is 5.05. The summed E-state index contributed by atoms with van der Waals surface area (Å²) in [4.78, 5) is 14.2. The number of hydrogen-bond donors (Lipinski definition) is 1. The predicted octanol–water partition coefficient (Wildman–Crippen LogP) is 3.04. The van der Waals surface area contributed by atoms with Crippen molar-refractivity contribution in [2.75, 3.05) is 13.1 Å². The van der Waals surface area contributed by atoms with Gasteiger partial charge in [-0.1, -0.05) is 23.7 Å². The summed E-state index contributed by atoms with van der Waals surface area (Å²) < 4.78 is 0. The minimum absolute atomic E-state index is 0.219. The third kappa shape index (κ3) is 3.58. The molecule has 2 fully saturated rings. The quantitative estimate of drug-likeness (QED) is 0.929. The van der Waals surface area contributed by atoms with Crippen LogP contribution < -0.4 is 0 Å². The van der Waals surface area contributed by atoms with Gasteiger partial charge in [0.2, 0.25) is 5.91 Å². The van der Waals surface area contributed by atoms with E-state index in [1.54, 1.807) is 0 Å². The summed E-state index contributed by atoms with van der Waals surface area (Å²) in [5, 5.41) is 10.9. The molecule has 4 heteroatoms. The Bertz CT molecular complexity index is 519. The Hall–Kier alpha value is -1.06. The Balaban J connectivity index is 1.46. The Labute approximate surface area is 130 Å². The van der Waals surface area contributed by atoms with Crippen LogP contribution in [0.5, 0.6) is 0 Å². The summed E-state index contributed by atoms with van der Waals surface area (Å²) in [6.45, 7) is 1.59. The van der Waals surface area contributed by atoms with Crippen molar-refractivity contribution in [3.63, 3.8) is 0 Å². The number of piperidine rings is 1. The number of likely N-dealkylation sites (tertiary alicyclic amines) is 1. The van der Waals surface area contributed by atoms with Gasteiger partial charge in [-0.15, -0.1) is 0 Å². The number of nitrogens with zero attached hydrogens (tertiary/aromatic N) is 1. The zero-order valence-corrected chi connectivity index (χ0v) is 13.0. The third-order valence-electron chi connectivity index (χ3n) is 4.89. The van der Waals surface area contributed by atoms with Crippen LogP contribution in [0.2, 0.25) is 5.02 Å². The van der Waals surface area contributed by atoms with E-state index in [0.717, 1.165) is 55.8 Å². The maximum Gasteiger partial charge on any atom is 0.222 e. The zero-order chi connectivity index (χ0) is 14.9. The number of amides is 1. The lowest BCUT2D eigenvalue weighted by Gasteiger charge is -2.34. The Morgan fingerprint density at radius 2 is 2.05 bits per heavy atom. The fourth-order valence-electron chi connectivity index (χ4n) is 3.30. The first kappa shape index (κ1) is 14.9. The van der Waals surface area contributed by atoms with Crippen LogP contribution in [-0.2, 0) is 11.2 Å². The molecule has 1 amide bonds. The van der Waals surface area contributed by atoms with E-state index in [1.807, 2.05) is 29.2 Å². The molecule has 2 aliphatic rings. The maximum absolute atomic E-state index is 12.3. The van der Waals surface area contributed by atoms with E-state index < -0.39 is 5.60 Å². The Morgan fingerprint density at radius 3 is 2.67 bits per heavy atom. The number of halogens is 1. The molecule has 0 radical (unpaired) electrons. The van der Waals surface area contributed by atoms with Crippen molar-refractivity contribution in [2.24, 2.45) is 5.92 Å². The molecule has 1 aromatic rings. The molecule has 1 N–H and O–H groups in total. The van der Waals surface area contributed by atoms with Gasteiger partial charge in [-0.25, -0.2) is 0 Å². The lowest BCUT2D eigenvalue weighted by atomic mass is 9.89. The topological polar surface area (TPSA) is 40.5 Å². The molecule has 1 heterocycles. The average molecular weight is 308 g/mol. The van der Waals surface area contributed by atoms with Gasteiger partial charge in [0, 0.05) is 24.5 Å². The highest BCUT2D eigenvalue weighted by molar-refractivity contribution is 6.30. The molecule has 0 aromatic heterocycles. The molecule has 3 nitrogen and oxygen atoms in total. The van der Waals surface area contributed by atoms with Crippen LogP contribution in [0.4, 0.5) is 0 Å². The molecule has 1 saturated carbocycles. The summed E-state index contributed by atoms with van der Waals surface area (Å²) in [7, 11) is 0. The molecule has 0 unspecified atom stereocenters. The summed E-state index contributed by atoms with van der Waals surface area (Å²) >= 11 is 5.95. The fraction of sp³-hybridized carbons (Fsp3) is 0.588. The second-order valence-electron chi connectivity index (χ2n) is 6.39. The lowest BCUT2D eigenvalue weighted by Crippen LogP contribution is -2.41. The average Bonchev–Trinajstić information content (AvgIpc) is 3.24. The number of hydrogen-bond acceptors (Lipinski definition) is 2. The number of benzene rings is 1. The van der Waals surface area contributed by atoms with Crippen LogP contribution >= 0.6 is 11.6 Å². The molecule has 0 atom stereocenters. The van der Waals surface area contributed by atoms with E-state index in [9.17, 15) is 9.90 Å². The van der Waals surface area contributed by atoms with Crippen molar-refractivity contribution in [2.45, 2.75) is 44.1 Å². The van der Waals surface area contributed by atoms with Gasteiger partial charge in [-0.3, -0.25) is 4.79 Å². The van der Waals surface area contributed by atoms with Gasteiger partial charge >= 0.3 is 0 Å². The molecule has 21 heavy (non-hydrogen) atoms. The SMILES string of the molecule is O=C(CCc1cccc(Cl)c1)N1CCC(C2(O)CC2)CC1. The van der Waals surface area contributed by atoms with Gasteiger partial charge < -0.3 is 10.0 Å². The van der Waals surface area contributed by atoms with Crippen LogP contribution in [0, 0.1) is 5.92 Å². The number of aryl methyl sites for hydroxylation is 1. The maximum atomic E-state index is 12.3. The van der Waals surface area contributed by atoms with Crippen LogP contribution in [0.1, 0.15) is 37.7 Å². The van der Waals surface area contributed by atoms with Crippen LogP contribution in [-0.4, -0.2) is 34.6 Å². The Kier molecular flexibility index (Phi) is 4.23. The zero-order valence-electron chi connectivity index (χ0n) is 12.2. The Morgan fingerprint density at radius 1 is 1.33 bits per heavy atom. The van der Waals surface area contributed by atoms with Gasteiger partial charge in [0.25, 0.3) is 0 Å². The van der Waals surface area contributed by atoms with Crippen LogP contribution in [0.25, 0.3) is 0 Å². The molecular weight excluding hydrogens is 286 g/mol. The third-order valence-corrected chi connectivity index (χ3v) is 5.12. The van der Waals surface area contributed by atoms with E-state index >= 15 is 0 Å². The number of rotatable bonds is 4. The second kappa shape index (κ2) is 5.98. The fourth-order valence-corrected chi connectivity index (χ4v) is 3.52. The second-order valence-corrected chi connectivity index (χ2v) is 6.82. The van der Waals surface area contributed by atoms with E-state index in [-0.39, 0.29) is 5.91 Å². The molecule has 0 spiro atoms. The van der Waals surface area contributed by atoms with Crippen molar-refractivity contribution >= 4 is 17.5 Å². The smallest absolute Gasteiger partial charge is 0.222 e. The molecule has 1 aliphatic heterocycles. The predicted molar refractivity (Wildman–Crippen MR) is 83.3 cm³/mol. The monoisotopic (exact) mass is 307 g/mol. The number of carbonyl (C=O) groups excluding carboxylic acids is 1. The van der Waals surface area contributed by atoms with Crippen molar-refractivity contribution in [1.82, 2.24) is 4.90 Å². The van der Waals surface area contributed by atoms with Crippen molar-refractivity contribution in [3.8, 4) is 0 Å². The molecule has 3 rings (SSSR count). The molecular formula is C17H22ClNO2. The molecule has 1 aromatic carbocycles. The van der Waals surface area contributed by atoms with Gasteiger partial charge in [0.05, 0.1) is 5.60 Å². The van der Waals surface area contributed by atoms with E-state index in [1.165, 1.54) is 0 Å². The highest BCUT2D eigenvalue weighted by Crippen LogP contribution is 2.46. The van der Waals surface area contributed by atoms with Gasteiger partial charge in [-0.05, 0) is 55.7 Å². The number of aliphatic hydroxyl groups is 1. The largest absolute Gasteiger partial charge is 0.390 e. The van der Waals surface area contributed by atoms with E-state index in [0.29, 0.717) is 12.3 Å². The van der Waals surface area contributed by atoms with Crippen molar-refractivity contribution in [3.05, 3.63) is 34.9 Å². The minimum Gasteiger partial charge on any atom is -0.390 e. The van der Waals surface area contributed by atoms with Crippen molar-refractivity contribution < 1.29 is 9.90 Å². The normalized spacial score (nSPS) is 21.3. The van der Waals surface area contributed by atoms with Crippen molar-refractivity contribution in [1.29, 1.82) is 0 Å². The summed E-state index contributed by atoms with van der Waals surface area (Å²) in [6, 6.07) is 7.70. The molecule has 0 bridgehead atoms. The van der Waals surface area contributed by atoms with E-state index in [4.69, 9.17) is 11.6 Å². The standard InChI is InChI=1S/C17H22ClNO2/c18-15-3-1-2-13(12-15)4-5-16(20)19-10-6-14(7-11-19)17(21)8-9-17/h1-3,12,14,21H,4-11H2.